The van der Waals surface area contributed by atoms with Gasteiger partial charge in [0.2, 0.25) is 17.7 Å². The number of pyridine rings is 1. The molecule has 15 nitrogen and oxygen atoms in total. The average molecular weight is 960 g/mol. The predicted molar refractivity (Wildman–Crippen MR) is 272 cm³/mol. The van der Waals surface area contributed by atoms with Crippen molar-refractivity contribution in [3.05, 3.63) is 125 Å². The van der Waals surface area contributed by atoms with Crippen molar-refractivity contribution in [2.24, 2.45) is 18.9 Å². The van der Waals surface area contributed by atoms with Crippen molar-refractivity contribution in [1.82, 2.24) is 30.0 Å². The zero-order chi connectivity index (χ0) is 48.5. The van der Waals surface area contributed by atoms with E-state index in [0.717, 1.165) is 88.4 Å². The number of amides is 3. The van der Waals surface area contributed by atoms with Crippen LogP contribution in [0.15, 0.2) is 91.0 Å². The maximum Gasteiger partial charge on any atom is 0.355 e. The molecule has 2 fully saturated rings. The molecule has 70 heavy (non-hydrogen) atoms. The topological polar surface area (TPSA) is 184 Å². The van der Waals surface area contributed by atoms with Crippen molar-refractivity contribution >= 4 is 72.8 Å². The Morgan fingerprint density at radius 1 is 0.929 bits per heavy atom. The van der Waals surface area contributed by atoms with Gasteiger partial charge in [-0.1, -0.05) is 60.7 Å². The first kappa shape index (κ1) is 46.6. The fourth-order valence-electron chi connectivity index (χ4n) is 10.4. The van der Waals surface area contributed by atoms with Crippen LogP contribution in [0.1, 0.15) is 83.4 Å². The number of aromatic carboxylic acids is 1. The lowest BCUT2D eigenvalue weighted by Gasteiger charge is -2.34. The molecule has 3 amide bonds. The highest BCUT2D eigenvalue weighted by atomic mass is 32.1. The summed E-state index contributed by atoms with van der Waals surface area (Å²) >= 11 is 1.64. The third kappa shape index (κ3) is 9.83. The smallest absolute Gasteiger partial charge is 0.355 e. The van der Waals surface area contributed by atoms with Crippen LogP contribution in [0.5, 0.6) is 5.75 Å². The summed E-state index contributed by atoms with van der Waals surface area (Å²) in [7, 11) is 1.81. The van der Waals surface area contributed by atoms with Crippen molar-refractivity contribution < 1.29 is 29.0 Å². The number of fused-ring (bicyclic) bond motifs is 3. The van der Waals surface area contributed by atoms with Gasteiger partial charge in [-0.25, -0.2) is 14.8 Å². The maximum atomic E-state index is 13.2. The van der Waals surface area contributed by atoms with Crippen LogP contribution in [0, 0.1) is 18.8 Å². The van der Waals surface area contributed by atoms with E-state index in [9.17, 15) is 24.3 Å². The summed E-state index contributed by atoms with van der Waals surface area (Å²) in [6, 6.07) is 29.8. The summed E-state index contributed by atoms with van der Waals surface area (Å²) in [5, 5.41) is 25.8. The molecular formula is C54H57N9O6S. The molecule has 0 radical (unpaired) electrons. The number of nitrogens with one attached hydrogen (secondary N) is 3. The van der Waals surface area contributed by atoms with E-state index in [4.69, 9.17) is 14.7 Å². The third-order valence-electron chi connectivity index (χ3n) is 14.4. The number of anilines is 3. The van der Waals surface area contributed by atoms with E-state index in [2.05, 4.69) is 62.0 Å². The Kier molecular flexibility index (Phi) is 13.3. The van der Waals surface area contributed by atoms with Crippen molar-refractivity contribution in [1.29, 1.82) is 0 Å². The second kappa shape index (κ2) is 20.0. The van der Waals surface area contributed by atoms with E-state index in [-0.39, 0.29) is 29.8 Å². The fraction of sp³-hybridized carbons (Fsp3) is 0.352. The summed E-state index contributed by atoms with van der Waals surface area (Å²) < 4.78 is 9.27. The number of carbonyl (C=O) groups excluding carboxylic acids is 3. The molecule has 360 valence electrons. The van der Waals surface area contributed by atoms with Gasteiger partial charge in [-0.3, -0.25) is 29.3 Å². The molecule has 2 unspecified atom stereocenters. The van der Waals surface area contributed by atoms with E-state index < -0.39 is 11.9 Å². The number of para-hydroxylation sites is 1. The molecule has 4 N–H and O–H groups in total. The first-order valence-electron chi connectivity index (χ1n) is 24.2. The first-order valence-corrected chi connectivity index (χ1v) is 25.0. The van der Waals surface area contributed by atoms with Gasteiger partial charge in [0.15, 0.2) is 10.8 Å². The second-order valence-corrected chi connectivity index (χ2v) is 19.9. The Morgan fingerprint density at radius 3 is 2.57 bits per heavy atom. The minimum Gasteiger partial charge on any atom is -0.493 e. The van der Waals surface area contributed by atoms with E-state index in [1.807, 2.05) is 80.7 Å². The average Bonchev–Trinajstić information content (AvgIpc) is 3.93. The lowest BCUT2D eigenvalue weighted by atomic mass is 9.84. The molecule has 4 aromatic carbocycles. The number of hydrogen-bond donors (Lipinski definition) is 4. The molecule has 16 heteroatoms. The Hall–Kier alpha value is -7.17. The molecular weight excluding hydrogens is 903 g/mol. The van der Waals surface area contributed by atoms with E-state index in [0.29, 0.717) is 67.3 Å². The lowest BCUT2D eigenvalue weighted by Crippen LogP contribution is -2.40. The molecule has 10 rings (SSSR count). The van der Waals surface area contributed by atoms with Gasteiger partial charge in [-0.2, -0.15) is 5.10 Å². The van der Waals surface area contributed by atoms with Crippen LogP contribution < -0.4 is 25.6 Å². The number of aromatic nitrogens is 4. The van der Waals surface area contributed by atoms with Gasteiger partial charge < -0.3 is 25.4 Å². The largest absolute Gasteiger partial charge is 0.493 e. The van der Waals surface area contributed by atoms with E-state index in [1.165, 1.54) is 16.7 Å². The van der Waals surface area contributed by atoms with Crippen molar-refractivity contribution in [2.75, 3.05) is 48.3 Å². The van der Waals surface area contributed by atoms with Gasteiger partial charge in [0.1, 0.15) is 11.6 Å². The number of carboxylic acids is 1. The number of aryl methyl sites for hydroxylation is 1. The number of rotatable bonds is 15. The van der Waals surface area contributed by atoms with Gasteiger partial charge >= 0.3 is 5.97 Å². The SMILES string of the molecule is Cc1c(OCCC(C)C2CCN(CC(=O)Nc3ccc4c(C5CCC(=O)NC5=O)nn(C)c4c3)CC2)cccc1-c1ccc(N2CCc3cccc(CNc4nc5ccccc5s4)c3C2)nc1C(=O)O. The number of benzene rings is 4. The number of piperidine rings is 2. The summed E-state index contributed by atoms with van der Waals surface area (Å²) in [5.74, 6) is 0.0455. The van der Waals surface area contributed by atoms with Crippen LogP contribution in [-0.4, -0.2) is 86.2 Å². The van der Waals surface area contributed by atoms with Gasteiger partial charge in [-0.05, 0) is 140 Å². The number of ether oxygens (including phenoxy) is 1. The summed E-state index contributed by atoms with van der Waals surface area (Å²) in [6.45, 7) is 8.72. The van der Waals surface area contributed by atoms with Crippen LogP contribution in [0.25, 0.3) is 32.2 Å². The number of carboxylic acid groups (broad SMARTS) is 1. The van der Waals surface area contributed by atoms with Gasteiger partial charge in [0.25, 0.3) is 0 Å². The van der Waals surface area contributed by atoms with E-state index >= 15 is 0 Å². The van der Waals surface area contributed by atoms with Crippen molar-refractivity contribution in [2.45, 2.75) is 71.4 Å². The van der Waals surface area contributed by atoms with Crippen LogP contribution in [0.3, 0.4) is 0 Å². The number of likely N-dealkylation sites (tertiary alicyclic amines) is 1. The van der Waals surface area contributed by atoms with E-state index in [1.54, 1.807) is 16.0 Å². The Morgan fingerprint density at radius 2 is 1.76 bits per heavy atom. The standard InChI is InChI=1S/C54H57N9O6S/c1-32(34-20-24-62(25-21-34)31-49(65)56-37-14-15-40-44(28-37)61(3)60-50(40)41-17-19-48(64)59-52(41)66)23-27-69-45-12-7-10-38(33(45)2)39-16-18-47(58-51(39)53(67)68)63-26-22-35-8-6-9-36(42(35)30-63)29-55-54-57-43-11-4-5-13-46(43)70-54/h4-16,18,28,32,34,41H,17,19-27,29-31H2,1-3H3,(H,55,57)(H,56,65)(H,67,68)(H,59,64,66). The van der Waals surface area contributed by atoms with Crippen molar-refractivity contribution in [3.63, 3.8) is 0 Å². The minimum absolute atomic E-state index is 0.0140. The minimum atomic E-state index is -1.08. The number of carbonyl (C=O) groups is 4. The molecule has 2 atom stereocenters. The van der Waals surface area contributed by atoms with Crippen LogP contribution >= 0.6 is 11.3 Å². The lowest BCUT2D eigenvalue weighted by molar-refractivity contribution is -0.134. The molecule has 6 heterocycles. The van der Waals surface area contributed by atoms with Crippen LogP contribution in [0.4, 0.5) is 16.6 Å². The molecule has 7 aromatic rings. The molecule has 0 aliphatic carbocycles. The Balaban J connectivity index is 0.713. The highest BCUT2D eigenvalue weighted by Crippen LogP contribution is 2.36. The van der Waals surface area contributed by atoms with Gasteiger partial charge in [0.05, 0.1) is 40.5 Å². The highest BCUT2D eigenvalue weighted by Gasteiger charge is 2.32. The Labute approximate surface area is 410 Å². The maximum absolute atomic E-state index is 13.2. The number of thiazole rings is 1. The third-order valence-corrected chi connectivity index (χ3v) is 15.4. The molecule has 2 saturated heterocycles. The predicted octanol–water partition coefficient (Wildman–Crippen LogP) is 8.70. The van der Waals surface area contributed by atoms with Crippen LogP contribution in [0.2, 0.25) is 0 Å². The number of imide groups is 1. The van der Waals surface area contributed by atoms with Crippen molar-refractivity contribution in [3.8, 4) is 16.9 Å². The zero-order valence-electron chi connectivity index (χ0n) is 39.7. The molecule has 0 saturated carbocycles. The summed E-state index contributed by atoms with van der Waals surface area (Å²) in [4.78, 5) is 64.2. The Bertz CT molecular complexity index is 3110. The molecule has 3 aliphatic rings. The highest BCUT2D eigenvalue weighted by molar-refractivity contribution is 7.22. The second-order valence-electron chi connectivity index (χ2n) is 18.9. The summed E-state index contributed by atoms with van der Waals surface area (Å²) in [6.07, 6.45) is 4.37. The van der Waals surface area contributed by atoms with Gasteiger partial charge in [-0.15, -0.1) is 0 Å². The number of nitrogens with zero attached hydrogens (tertiary/aromatic N) is 6. The van der Waals surface area contributed by atoms with Gasteiger partial charge in [0, 0.05) is 49.7 Å². The van der Waals surface area contributed by atoms with Crippen LogP contribution in [-0.2, 0) is 40.9 Å². The fourth-order valence-corrected chi connectivity index (χ4v) is 11.3. The molecule has 0 spiro atoms. The quantitative estimate of drug-likeness (QED) is 0.0719. The molecule has 3 aliphatic heterocycles. The monoisotopic (exact) mass is 959 g/mol. The molecule has 3 aromatic heterocycles. The normalized spacial score (nSPS) is 17.1. The molecule has 0 bridgehead atoms. The zero-order valence-corrected chi connectivity index (χ0v) is 40.5. The number of hydrogen-bond acceptors (Lipinski definition) is 12. The first-order chi connectivity index (χ1) is 33.9. The summed E-state index contributed by atoms with van der Waals surface area (Å²) in [5.41, 5.74) is 9.02.